The molecule has 42 heavy (non-hydrogen) atoms. The molecule has 6 heteroatoms. The van der Waals surface area contributed by atoms with Crippen LogP contribution in [0.4, 0.5) is 0 Å². The molecule has 0 amide bonds. The molecule has 2 aliphatic heterocycles. The molecule has 0 atom stereocenters. The van der Waals surface area contributed by atoms with Gasteiger partial charge >= 0.3 is 0 Å². The van der Waals surface area contributed by atoms with Gasteiger partial charge in [0.1, 0.15) is 11.6 Å². The smallest absolute Gasteiger partial charge is 0.137 e. The van der Waals surface area contributed by atoms with Gasteiger partial charge in [-0.25, -0.2) is 19.9 Å². The lowest BCUT2D eigenvalue weighted by Crippen LogP contribution is -1.96. The lowest BCUT2D eigenvalue weighted by Gasteiger charge is -2.07. The van der Waals surface area contributed by atoms with E-state index < -0.39 is 0 Å². The molecule has 0 unspecified atom stereocenters. The van der Waals surface area contributed by atoms with Crippen molar-refractivity contribution in [1.29, 1.82) is 0 Å². The maximum Gasteiger partial charge on any atom is 0.137 e. The Morgan fingerprint density at radius 1 is 0.429 bits per heavy atom. The Hall–Kier alpha value is -5.88. The van der Waals surface area contributed by atoms with E-state index in [0.717, 1.165) is 67.6 Å². The summed E-state index contributed by atoms with van der Waals surface area (Å²) in [6.07, 6.45) is 11.8. The van der Waals surface area contributed by atoms with Crippen molar-refractivity contribution in [2.45, 2.75) is 0 Å². The summed E-state index contributed by atoms with van der Waals surface area (Å²) in [4.78, 5) is 19.4. The fraction of sp³-hybridized carbons (Fsp3) is 0. The van der Waals surface area contributed by atoms with Gasteiger partial charge in [-0.3, -0.25) is 9.13 Å². The highest BCUT2D eigenvalue weighted by atomic mass is 15.1. The Morgan fingerprint density at radius 3 is 1.52 bits per heavy atom. The molecule has 6 aromatic rings. The first-order valence-electron chi connectivity index (χ1n) is 13.8. The van der Waals surface area contributed by atoms with Crippen LogP contribution in [-0.2, 0) is 0 Å². The maximum absolute atomic E-state index is 5.01. The number of fused-ring (bicyclic) bond motifs is 8. The minimum Gasteiger partial charge on any atom is -0.295 e. The summed E-state index contributed by atoms with van der Waals surface area (Å²) in [6.45, 7) is 0. The average molecular weight is 541 g/mol. The third kappa shape index (κ3) is 4.32. The van der Waals surface area contributed by atoms with Crippen molar-refractivity contribution in [3.8, 4) is 22.8 Å². The van der Waals surface area contributed by atoms with Gasteiger partial charge in [0.05, 0.1) is 33.8 Å². The summed E-state index contributed by atoms with van der Waals surface area (Å²) in [7, 11) is 0. The van der Waals surface area contributed by atoms with Gasteiger partial charge in [0.15, 0.2) is 0 Å². The summed E-state index contributed by atoms with van der Waals surface area (Å²) in [5.41, 5.74) is 9.64. The Bertz CT molecular complexity index is 2170. The molecular weight excluding hydrogens is 516 g/mol. The Balaban J connectivity index is 1.51. The second-order valence-electron chi connectivity index (χ2n) is 10.1. The van der Waals surface area contributed by atoms with Crippen LogP contribution in [0.25, 0.3) is 69.1 Å². The highest BCUT2D eigenvalue weighted by Gasteiger charge is 2.14. The predicted molar refractivity (Wildman–Crippen MR) is 170 cm³/mol. The zero-order valence-electron chi connectivity index (χ0n) is 22.5. The molecule has 8 bridgehead atoms. The zero-order valence-corrected chi connectivity index (χ0v) is 22.5. The summed E-state index contributed by atoms with van der Waals surface area (Å²) in [5, 5.41) is 0. The minimum atomic E-state index is 0.828. The number of pyridine rings is 2. The summed E-state index contributed by atoms with van der Waals surface area (Å²) >= 11 is 0. The average Bonchev–Trinajstić information content (AvgIpc) is 3.83. The highest BCUT2D eigenvalue weighted by Crippen LogP contribution is 2.32. The van der Waals surface area contributed by atoms with Crippen molar-refractivity contribution in [3.05, 3.63) is 144 Å². The van der Waals surface area contributed by atoms with E-state index in [9.17, 15) is 0 Å². The van der Waals surface area contributed by atoms with Crippen LogP contribution in [0.5, 0.6) is 0 Å². The van der Waals surface area contributed by atoms with E-state index in [4.69, 9.17) is 15.0 Å². The van der Waals surface area contributed by atoms with Gasteiger partial charge in [0.25, 0.3) is 0 Å². The fourth-order valence-corrected chi connectivity index (χ4v) is 5.53. The number of hydrogen-bond acceptors (Lipinski definition) is 4. The van der Waals surface area contributed by atoms with Gasteiger partial charge < -0.3 is 0 Å². The van der Waals surface area contributed by atoms with Gasteiger partial charge in [0.2, 0.25) is 0 Å². The molecule has 6 nitrogen and oxygen atoms in total. The number of nitrogens with zero attached hydrogens (tertiary/aromatic N) is 6. The van der Waals surface area contributed by atoms with Crippen LogP contribution < -0.4 is 0 Å². The third-order valence-electron chi connectivity index (χ3n) is 7.39. The summed E-state index contributed by atoms with van der Waals surface area (Å²) in [6, 6.07) is 37.2. The lowest BCUT2D eigenvalue weighted by atomic mass is 10.1. The van der Waals surface area contributed by atoms with Crippen LogP contribution in [0.3, 0.4) is 0 Å². The molecule has 2 aliphatic rings. The van der Waals surface area contributed by atoms with Gasteiger partial charge in [-0.05, 0) is 96.6 Å². The molecule has 0 aliphatic carbocycles. The molecule has 1 aromatic carbocycles. The van der Waals surface area contributed by atoms with Crippen molar-refractivity contribution in [1.82, 2.24) is 29.1 Å². The number of benzene rings is 1. The number of hydrogen-bond donors (Lipinski definition) is 0. The topological polar surface area (TPSA) is 61.4 Å². The zero-order chi connectivity index (χ0) is 27.9. The van der Waals surface area contributed by atoms with Crippen LogP contribution in [0, 0.1) is 0 Å². The predicted octanol–water partition coefficient (Wildman–Crippen LogP) is 8.04. The maximum atomic E-state index is 5.01. The minimum absolute atomic E-state index is 0.828. The SMILES string of the molecule is C1=Cc2cc3cc(-c4ccccc4)c(cc4nc(cc5ccc(cc1n2)n5-c1ccccn1)C=C4)n3-c1ccccn1. The molecule has 0 fully saturated rings. The van der Waals surface area contributed by atoms with E-state index in [1.165, 1.54) is 0 Å². The molecule has 0 radical (unpaired) electrons. The van der Waals surface area contributed by atoms with E-state index in [-0.39, 0.29) is 0 Å². The lowest BCUT2D eigenvalue weighted by molar-refractivity contribution is 1.07. The van der Waals surface area contributed by atoms with E-state index in [2.05, 4.69) is 99.1 Å². The molecule has 8 rings (SSSR count). The normalized spacial score (nSPS) is 12.1. The summed E-state index contributed by atoms with van der Waals surface area (Å²) < 4.78 is 4.31. The van der Waals surface area contributed by atoms with Gasteiger partial charge in [0, 0.05) is 29.0 Å². The highest BCUT2D eigenvalue weighted by molar-refractivity contribution is 5.90. The van der Waals surface area contributed by atoms with E-state index in [0.29, 0.717) is 0 Å². The fourth-order valence-electron chi connectivity index (χ4n) is 5.53. The number of aromatic nitrogens is 6. The molecule has 5 aromatic heterocycles. The van der Waals surface area contributed by atoms with Crippen LogP contribution >= 0.6 is 0 Å². The Labute approximate surface area is 242 Å². The van der Waals surface area contributed by atoms with Gasteiger partial charge in [-0.1, -0.05) is 42.5 Å². The standard InChI is InChI=1S/C36H24N6/c1-2-8-25(9-3-1)33-24-32-22-28-13-12-26(39-28)20-30-16-17-31(41(30)35-10-4-6-18-37-35)21-27-14-15-29(40-27)23-34(33)42(32)36-11-5-7-19-38-36/h1-24H. The molecule has 198 valence electrons. The van der Waals surface area contributed by atoms with E-state index in [1.54, 1.807) is 0 Å². The largest absolute Gasteiger partial charge is 0.295 e. The molecule has 0 spiro atoms. The number of rotatable bonds is 3. The Kier molecular flexibility index (Phi) is 5.67. The monoisotopic (exact) mass is 540 g/mol. The van der Waals surface area contributed by atoms with Crippen molar-refractivity contribution < 1.29 is 0 Å². The van der Waals surface area contributed by atoms with E-state index >= 15 is 0 Å². The Morgan fingerprint density at radius 2 is 0.952 bits per heavy atom. The van der Waals surface area contributed by atoms with Crippen molar-refractivity contribution >= 4 is 46.4 Å². The second-order valence-corrected chi connectivity index (χ2v) is 10.1. The molecular formula is C36H24N6. The molecule has 0 saturated heterocycles. The van der Waals surface area contributed by atoms with Crippen molar-refractivity contribution in [3.63, 3.8) is 0 Å². The van der Waals surface area contributed by atoms with E-state index in [1.807, 2.05) is 60.9 Å². The third-order valence-corrected chi connectivity index (χ3v) is 7.39. The first kappa shape index (κ1) is 24.0. The van der Waals surface area contributed by atoms with Crippen molar-refractivity contribution in [2.24, 2.45) is 0 Å². The van der Waals surface area contributed by atoms with Crippen LogP contribution in [-0.4, -0.2) is 29.1 Å². The van der Waals surface area contributed by atoms with Gasteiger partial charge in [-0.2, -0.15) is 0 Å². The molecule has 7 heterocycles. The second kappa shape index (κ2) is 9.94. The van der Waals surface area contributed by atoms with Crippen LogP contribution in [0.15, 0.2) is 122 Å². The molecule has 0 saturated carbocycles. The first-order valence-corrected chi connectivity index (χ1v) is 13.8. The first-order chi connectivity index (χ1) is 20.8. The van der Waals surface area contributed by atoms with Crippen molar-refractivity contribution in [2.75, 3.05) is 0 Å². The molecule has 0 N–H and O–H groups in total. The van der Waals surface area contributed by atoms with Crippen LogP contribution in [0.1, 0.15) is 22.8 Å². The van der Waals surface area contributed by atoms with Gasteiger partial charge in [-0.15, -0.1) is 0 Å². The quantitative estimate of drug-likeness (QED) is 0.228. The van der Waals surface area contributed by atoms with Crippen LogP contribution in [0.2, 0.25) is 0 Å². The summed E-state index contributed by atoms with van der Waals surface area (Å²) in [5.74, 6) is 1.67.